The lowest BCUT2D eigenvalue weighted by atomic mass is 10.1. The maximum Gasteiger partial charge on any atom is 0.230 e. The van der Waals surface area contributed by atoms with E-state index in [1.54, 1.807) is 11.3 Å². The zero-order chi connectivity index (χ0) is 15.8. The molecule has 1 atom stereocenters. The molecule has 1 fully saturated rings. The Kier molecular flexibility index (Phi) is 4.40. The maximum absolute atomic E-state index is 10.7. The molecule has 0 radical (unpaired) electrons. The molecular weight excluding hydrogens is 396 g/mol. The lowest BCUT2D eigenvalue weighted by Crippen LogP contribution is -2.29. The molecule has 0 saturated carbocycles. The molecule has 3 aromatic rings. The normalized spacial score (nSPS) is 18.3. The van der Waals surface area contributed by atoms with Crippen LogP contribution in [0.15, 0.2) is 22.2 Å². The van der Waals surface area contributed by atoms with Gasteiger partial charge in [0.15, 0.2) is 0 Å². The molecule has 1 saturated heterocycles. The second kappa shape index (κ2) is 6.51. The monoisotopic (exact) mass is 412 g/mol. The van der Waals surface area contributed by atoms with Crippen LogP contribution >= 0.6 is 38.6 Å². The molecule has 3 aromatic heterocycles. The lowest BCUT2D eigenvalue weighted by Gasteiger charge is -2.29. The number of aromatic hydroxyl groups is 1. The molecule has 0 unspecified atom stereocenters. The first-order valence-electron chi connectivity index (χ1n) is 7.74. The van der Waals surface area contributed by atoms with Gasteiger partial charge >= 0.3 is 0 Å². The smallest absolute Gasteiger partial charge is 0.230 e. The molecule has 1 N–H and O–H groups in total. The highest BCUT2D eigenvalue weighted by atomic mass is 79.9. The van der Waals surface area contributed by atoms with Gasteiger partial charge in [0.25, 0.3) is 0 Å². The van der Waals surface area contributed by atoms with Crippen LogP contribution in [0.25, 0.3) is 4.96 Å². The van der Waals surface area contributed by atoms with Crippen molar-refractivity contribution in [3.05, 3.63) is 32.0 Å². The molecule has 4 rings (SSSR count). The molecule has 23 heavy (non-hydrogen) atoms. The maximum atomic E-state index is 10.7. The summed E-state index contributed by atoms with van der Waals surface area (Å²) >= 11 is 6.83. The summed E-state index contributed by atoms with van der Waals surface area (Å²) in [6.45, 7) is 2.13. The first-order chi connectivity index (χ1) is 11.2. The first-order valence-corrected chi connectivity index (χ1v) is 10.2. The summed E-state index contributed by atoms with van der Waals surface area (Å²) in [7, 11) is 0. The summed E-state index contributed by atoms with van der Waals surface area (Å²) in [4.78, 5) is 9.66. The molecule has 1 aliphatic rings. The number of nitrogens with zero attached hydrogens (tertiary/aromatic N) is 4. The van der Waals surface area contributed by atoms with Gasteiger partial charge in [-0.15, -0.1) is 11.3 Å². The minimum absolute atomic E-state index is 0.0814. The van der Waals surface area contributed by atoms with E-state index in [2.05, 4.69) is 43.0 Å². The number of fused-ring (bicyclic) bond motifs is 1. The van der Waals surface area contributed by atoms with Crippen molar-refractivity contribution >= 4 is 43.6 Å². The zero-order valence-electron chi connectivity index (χ0n) is 12.5. The topological polar surface area (TPSA) is 53.7 Å². The number of likely N-dealkylation sites (tertiary alicyclic amines) is 1. The van der Waals surface area contributed by atoms with Gasteiger partial charge in [0.1, 0.15) is 6.33 Å². The number of rotatable bonds is 3. The van der Waals surface area contributed by atoms with Crippen molar-refractivity contribution in [2.24, 2.45) is 0 Å². The van der Waals surface area contributed by atoms with Crippen molar-refractivity contribution in [1.29, 1.82) is 0 Å². The van der Waals surface area contributed by atoms with Gasteiger partial charge in [0.2, 0.25) is 10.8 Å². The molecule has 8 heteroatoms. The Morgan fingerprint density at radius 3 is 2.57 bits per heavy atom. The van der Waals surface area contributed by atoms with Crippen LogP contribution in [-0.4, -0.2) is 37.7 Å². The molecule has 0 aromatic carbocycles. The molecule has 0 bridgehead atoms. The predicted molar refractivity (Wildman–Crippen MR) is 96.4 cm³/mol. The third-order valence-electron chi connectivity index (χ3n) is 4.26. The molecule has 1 aliphatic heterocycles. The average Bonchev–Trinajstić information content (AvgIpc) is 3.16. The fourth-order valence-electron chi connectivity index (χ4n) is 3.18. The quantitative estimate of drug-likeness (QED) is 0.696. The molecule has 0 spiro atoms. The van der Waals surface area contributed by atoms with Gasteiger partial charge in [-0.05, 0) is 54.0 Å². The van der Waals surface area contributed by atoms with E-state index in [9.17, 15) is 5.11 Å². The minimum atomic E-state index is 0.0814. The van der Waals surface area contributed by atoms with Crippen LogP contribution in [0.2, 0.25) is 0 Å². The lowest BCUT2D eigenvalue weighted by molar-refractivity contribution is 0.235. The van der Waals surface area contributed by atoms with Crippen LogP contribution < -0.4 is 0 Å². The fraction of sp³-hybridized carbons (Fsp3) is 0.467. The van der Waals surface area contributed by atoms with E-state index in [1.165, 1.54) is 52.7 Å². The van der Waals surface area contributed by atoms with E-state index in [1.807, 2.05) is 0 Å². The fourth-order valence-corrected chi connectivity index (χ4v) is 5.90. The summed E-state index contributed by atoms with van der Waals surface area (Å²) < 4.78 is 2.65. The second-order valence-corrected chi connectivity index (χ2v) is 9.24. The van der Waals surface area contributed by atoms with E-state index in [4.69, 9.17) is 0 Å². The molecular formula is C15H17BrN4OS2. The van der Waals surface area contributed by atoms with Crippen molar-refractivity contribution < 1.29 is 5.11 Å². The summed E-state index contributed by atoms with van der Waals surface area (Å²) in [5.74, 6) is 0.223. The van der Waals surface area contributed by atoms with Crippen LogP contribution in [0.4, 0.5) is 0 Å². The number of hydrogen-bond donors (Lipinski definition) is 1. The van der Waals surface area contributed by atoms with E-state index in [0.717, 1.165) is 26.7 Å². The SMILES string of the molecule is Oc1c([C@@H](c2ccc(Br)s2)N2CCCCCC2)sc2ncnn12. The minimum Gasteiger partial charge on any atom is -0.492 e. The number of halogens is 1. The number of thiophene rings is 1. The number of hydrogen-bond acceptors (Lipinski definition) is 6. The molecule has 122 valence electrons. The van der Waals surface area contributed by atoms with Crippen molar-refractivity contribution in [2.75, 3.05) is 13.1 Å². The molecule has 4 heterocycles. The number of aromatic nitrogens is 3. The van der Waals surface area contributed by atoms with E-state index >= 15 is 0 Å². The Hall–Kier alpha value is -0.960. The third kappa shape index (κ3) is 2.93. The van der Waals surface area contributed by atoms with Gasteiger partial charge in [0, 0.05) is 4.88 Å². The van der Waals surface area contributed by atoms with Crippen LogP contribution in [0.1, 0.15) is 41.5 Å². The Labute approximate surface area is 150 Å². The van der Waals surface area contributed by atoms with E-state index < -0.39 is 0 Å². The Balaban J connectivity index is 1.80. The van der Waals surface area contributed by atoms with Gasteiger partial charge < -0.3 is 5.11 Å². The third-order valence-corrected chi connectivity index (χ3v) is 7.02. The Morgan fingerprint density at radius 1 is 1.13 bits per heavy atom. The standard InChI is InChI=1S/C15H17BrN4OS2/c16-11-6-5-10(22-11)12(19-7-3-1-2-4-8-19)13-14(21)20-15(23-13)17-9-18-20/h5-6,9,12,21H,1-4,7-8H2/t12-/m1/s1. The Bertz CT molecular complexity index is 803. The Morgan fingerprint density at radius 2 is 1.91 bits per heavy atom. The van der Waals surface area contributed by atoms with Gasteiger partial charge in [-0.2, -0.15) is 9.61 Å². The van der Waals surface area contributed by atoms with Crippen molar-refractivity contribution in [3.8, 4) is 5.88 Å². The average molecular weight is 413 g/mol. The summed E-state index contributed by atoms with van der Waals surface area (Å²) in [6.07, 6.45) is 6.49. The largest absolute Gasteiger partial charge is 0.492 e. The predicted octanol–water partition coefficient (Wildman–Crippen LogP) is 4.29. The van der Waals surface area contributed by atoms with Crippen molar-refractivity contribution in [3.63, 3.8) is 0 Å². The van der Waals surface area contributed by atoms with Gasteiger partial charge in [-0.25, -0.2) is 4.98 Å². The van der Waals surface area contributed by atoms with Gasteiger partial charge in [0.05, 0.1) is 14.7 Å². The summed E-state index contributed by atoms with van der Waals surface area (Å²) in [5, 5.41) is 14.8. The molecule has 0 aliphatic carbocycles. The van der Waals surface area contributed by atoms with Crippen molar-refractivity contribution in [1.82, 2.24) is 19.5 Å². The van der Waals surface area contributed by atoms with Gasteiger partial charge in [-0.3, -0.25) is 4.90 Å². The van der Waals surface area contributed by atoms with Crippen molar-refractivity contribution in [2.45, 2.75) is 31.7 Å². The van der Waals surface area contributed by atoms with E-state index in [-0.39, 0.29) is 11.9 Å². The van der Waals surface area contributed by atoms with Gasteiger partial charge in [-0.1, -0.05) is 24.2 Å². The van der Waals surface area contributed by atoms with Crippen LogP contribution in [-0.2, 0) is 0 Å². The molecule has 5 nitrogen and oxygen atoms in total. The van der Waals surface area contributed by atoms with Crippen LogP contribution in [0, 0.1) is 0 Å². The highest BCUT2D eigenvalue weighted by Crippen LogP contribution is 2.43. The highest BCUT2D eigenvalue weighted by molar-refractivity contribution is 9.11. The molecule has 0 amide bonds. The first kappa shape index (κ1) is 15.6. The van der Waals surface area contributed by atoms with Crippen LogP contribution in [0.3, 0.4) is 0 Å². The zero-order valence-corrected chi connectivity index (χ0v) is 15.7. The van der Waals surface area contributed by atoms with Crippen LogP contribution in [0.5, 0.6) is 5.88 Å². The second-order valence-electron chi connectivity index (χ2n) is 5.74. The summed E-state index contributed by atoms with van der Waals surface area (Å²) in [5.41, 5.74) is 0. The highest BCUT2D eigenvalue weighted by Gasteiger charge is 2.30. The summed E-state index contributed by atoms with van der Waals surface area (Å²) in [6, 6.07) is 4.32. The number of thiazole rings is 1. The van der Waals surface area contributed by atoms with E-state index in [0.29, 0.717) is 0 Å².